The van der Waals surface area contributed by atoms with Gasteiger partial charge in [-0.15, -0.1) is 0 Å². The molecular formula is C13H25N3O5. The first-order chi connectivity index (χ1) is 9.56. The van der Waals surface area contributed by atoms with E-state index in [1.165, 1.54) is 13.8 Å². The summed E-state index contributed by atoms with van der Waals surface area (Å²) in [7, 11) is 0. The summed E-state index contributed by atoms with van der Waals surface area (Å²) in [5.74, 6) is -2.29. The lowest BCUT2D eigenvalue weighted by molar-refractivity contribution is -0.145. The Kier molecular flexibility index (Phi) is 7.90. The van der Waals surface area contributed by atoms with Crippen molar-refractivity contribution in [1.29, 1.82) is 0 Å². The first-order valence-corrected chi connectivity index (χ1v) is 6.83. The maximum absolute atomic E-state index is 11.8. The van der Waals surface area contributed by atoms with Crippen LogP contribution in [0.2, 0.25) is 0 Å². The van der Waals surface area contributed by atoms with Crippen LogP contribution in [-0.2, 0) is 14.4 Å². The summed E-state index contributed by atoms with van der Waals surface area (Å²) in [5.41, 5.74) is 5.69. The van der Waals surface area contributed by atoms with Crippen LogP contribution in [0.3, 0.4) is 0 Å². The molecule has 2 amide bonds. The highest BCUT2D eigenvalue weighted by atomic mass is 16.4. The highest BCUT2D eigenvalue weighted by Crippen LogP contribution is 2.03. The summed E-state index contributed by atoms with van der Waals surface area (Å²) in [6.45, 7) is 6.50. The molecule has 0 saturated heterocycles. The fourth-order valence-electron chi connectivity index (χ4n) is 1.67. The second kappa shape index (κ2) is 8.58. The smallest absolute Gasteiger partial charge is 0.328 e. The Bertz CT molecular complexity index is 384. The Hall–Kier alpha value is -1.67. The molecule has 4 atom stereocenters. The highest BCUT2D eigenvalue weighted by Gasteiger charge is 2.28. The molecule has 21 heavy (non-hydrogen) atoms. The fourth-order valence-corrected chi connectivity index (χ4v) is 1.67. The largest absolute Gasteiger partial charge is 0.480 e. The molecule has 6 N–H and O–H groups in total. The van der Waals surface area contributed by atoms with Gasteiger partial charge in [0.1, 0.15) is 6.04 Å². The standard InChI is InChI=1S/C13H25N3O5/c1-6(2)5-9(14)12(19)15-7(3)11(18)16-10(8(4)17)13(20)21/h6-10,17H,5,14H2,1-4H3,(H,15,19)(H,16,18)(H,20,21)/t7-,8+,9-,10-/m0/s1. The number of aliphatic hydroxyl groups excluding tert-OH is 1. The SMILES string of the molecule is CC(C)C[C@H](N)C(=O)N[C@@H](C)C(=O)N[C@H](C(=O)O)[C@@H](C)O. The normalized spacial score (nSPS) is 16.7. The summed E-state index contributed by atoms with van der Waals surface area (Å²) < 4.78 is 0. The number of hydrogen-bond acceptors (Lipinski definition) is 5. The third-order valence-electron chi connectivity index (χ3n) is 2.86. The maximum atomic E-state index is 11.8. The minimum absolute atomic E-state index is 0.238. The predicted octanol–water partition coefficient (Wildman–Crippen LogP) is -1.19. The van der Waals surface area contributed by atoms with E-state index in [-0.39, 0.29) is 5.92 Å². The molecule has 0 aliphatic heterocycles. The van der Waals surface area contributed by atoms with E-state index < -0.39 is 42.0 Å². The first-order valence-electron chi connectivity index (χ1n) is 6.83. The Morgan fingerprint density at radius 1 is 1.05 bits per heavy atom. The Balaban J connectivity index is 4.51. The molecule has 0 fully saturated rings. The van der Waals surface area contributed by atoms with E-state index in [4.69, 9.17) is 10.8 Å². The minimum atomic E-state index is -1.43. The fraction of sp³-hybridized carbons (Fsp3) is 0.769. The predicted molar refractivity (Wildman–Crippen MR) is 76.3 cm³/mol. The molecule has 0 aromatic heterocycles. The van der Waals surface area contributed by atoms with Crippen molar-refractivity contribution in [3.05, 3.63) is 0 Å². The van der Waals surface area contributed by atoms with E-state index in [0.29, 0.717) is 6.42 Å². The lowest BCUT2D eigenvalue weighted by Crippen LogP contribution is -2.55. The number of aliphatic carboxylic acids is 1. The lowest BCUT2D eigenvalue weighted by Gasteiger charge is -2.22. The number of aliphatic hydroxyl groups is 1. The van der Waals surface area contributed by atoms with Crippen LogP contribution in [0.25, 0.3) is 0 Å². The zero-order valence-electron chi connectivity index (χ0n) is 12.8. The molecule has 0 saturated carbocycles. The molecule has 0 spiro atoms. The second-order valence-corrected chi connectivity index (χ2v) is 5.53. The number of hydrogen-bond donors (Lipinski definition) is 5. The van der Waals surface area contributed by atoms with Crippen molar-refractivity contribution in [1.82, 2.24) is 10.6 Å². The quantitative estimate of drug-likeness (QED) is 0.382. The number of rotatable bonds is 8. The van der Waals surface area contributed by atoms with Gasteiger partial charge in [-0.1, -0.05) is 13.8 Å². The van der Waals surface area contributed by atoms with Crippen LogP contribution >= 0.6 is 0 Å². The zero-order chi connectivity index (χ0) is 16.7. The summed E-state index contributed by atoms with van der Waals surface area (Å²) in [5, 5.41) is 22.7. The Morgan fingerprint density at radius 2 is 1.57 bits per heavy atom. The van der Waals surface area contributed by atoms with Crippen molar-refractivity contribution >= 4 is 17.8 Å². The van der Waals surface area contributed by atoms with Crippen molar-refractivity contribution in [2.24, 2.45) is 11.7 Å². The molecule has 8 nitrogen and oxygen atoms in total. The molecule has 8 heteroatoms. The first kappa shape index (κ1) is 19.3. The van der Waals surface area contributed by atoms with Crippen LogP contribution in [0.4, 0.5) is 0 Å². The molecule has 0 heterocycles. The minimum Gasteiger partial charge on any atom is -0.480 e. The van der Waals surface area contributed by atoms with E-state index in [2.05, 4.69) is 10.6 Å². The molecule has 0 aliphatic carbocycles. The molecule has 0 aromatic carbocycles. The summed E-state index contributed by atoms with van der Waals surface area (Å²) >= 11 is 0. The molecule has 0 radical (unpaired) electrons. The molecule has 0 bridgehead atoms. The van der Waals surface area contributed by atoms with Gasteiger partial charge in [0, 0.05) is 0 Å². The molecular weight excluding hydrogens is 278 g/mol. The van der Waals surface area contributed by atoms with E-state index in [1.807, 2.05) is 13.8 Å². The van der Waals surface area contributed by atoms with Crippen molar-refractivity contribution in [3.8, 4) is 0 Å². The van der Waals surface area contributed by atoms with Gasteiger partial charge in [-0.25, -0.2) is 4.79 Å². The van der Waals surface area contributed by atoms with Gasteiger partial charge in [-0.3, -0.25) is 9.59 Å². The average molecular weight is 303 g/mol. The number of nitrogens with one attached hydrogen (secondary N) is 2. The van der Waals surface area contributed by atoms with Crippen LogP contribution in [-0.4, -0.2) is 52.2 Å². The molecule has 0 rings (SSSR count). The Labute approximate surface area is 124 Å². The topological polar surface area (TPSA) is 142 Å². The van der Waals surface area contributed by atoms with Gasteiger partial charge in [0.25, 0.3) is 0 Å². The monoisotopic (exact) mass is 303 g/mol. The second-order valence-electron chi connectivity index (χ2n) is 5.53. The van der Waals surface area contributed by atoms with Gasteiger partial charge in [0.05, 0.1) is 12.1 Å². The molecule has 0 aromatic rings. The number of carbonyl (C=O) groups excluding carboxylic acids is 2. The van der Waals surface area contributed by atoms with Gasteiger partial charge >= 0.3 is 5.97 Å². The third-order valence-corrected chi connectivity index (χ3v) is 2.86. The average Bonchev–Trinajstić information content (AvgIpc) is 2.33. The van der Waals surface area contributed by atoms with E-state index >= 15 is 0 Å². The van der Waals surface area contributed by atoms with Crippen LogP contribution in [0.15, 0.2) is 0 Å². The van der Waals surface area contributed by atoms with Gasteiger partial charge < -0.3 is 26.6 Å². The van der Waals surface area contributed by atoms with E-state index in [9.17, 15) is 19.5 Å². The van der Waals surface area contributed by atoms with Gasteiger partial charge in [0.2, 0.25) is 11.8 Å². The molecule has 0 aliphatic rings. The lowest BCUT2D eigenvalue weighted by atomic mass is 10.0. The number of carbonyl (C=O) groups is 3. The van der Waals surface area contributed by atoms with Gasteiger partial charge in [-0.2, -0.15) is 0 Å². The number of amides is 2. The van der Waals surface area contributed by atoms with E-state index in [0.717, 1.165) is 0 Å². The summed E-state index contributed by atoms with van der Waals surface area (Å²) in [6.07, 6.45) is -0.774. The Morgan fingerprint density at radius 3 is 1.95 bits per heavy atom. The summed E-state index contributed by atoms with van der Waals surface area (Å²) in [4.78, 5) is 34.4. The molecule has 0 unspecified atom stereocenters. The zero-order valence-corrected chi connectivity index (χ0v) is 12.8. The number of nitrogens with two attached hydrogens (primary N) is 1. The molecule has 122 valence electrons. The highest BCUT2D eigenvalue weighted by molar-refractivity contribution is 5.91. The van der Waals surface area contributed by atoms with E-state index in [1.54, 1.807) is 0 Å². The maximum Gasteiger partial charge on any atom is 0.328 e. The van der Waals surface area contributed by atoms with Gasteiger partial charge in [0.15, 0.2) is 6.04 Å². The van der Waals surface area contributed by atoms with Crippen LogP contribution in [0.5, 0.6) is 0 Å². The van der Waals surface area contributed by atoms with Crippen molar-refractivity contribution in [3.63, 3.8) is 0 Å². The van der Waals surface area contributed by atoms with Crippen LogP contribution in [0.1, 0.15) is 34.1 Å². The van der Waals surface area contributed by atoms with Gasteiger partial charge in [-0.05, 0) is 26.2 Å². The van der Waals surface area contributed by atoms with Crippen molar-refractivity contribution < 1.29 is 24.6 Å². The van der Waals surface area contributed by atoms with Crippen LogP contribution in [0, 0.1) is 5.92 Å². The van der Waals surface area contributed by atoms with Crippen molar-refractivity contribution in [2.75, 3.05) is 0 Å². The summed E-state index contributed by atoms with van der Waals surface area (Å²) in [6, 6.07) is -3.11. The van der Waals surface area contributed by atoms with Crippen molar-refractivity contribution in [2.45, 2.75) is 58.3 Å². The third kappa shape index (κ3) is 7.05. The van der Waals surface area contributed by atoms with Crippen LogP contribution < -0.4 is 16.4 Å². The number of carboxylic acids is 1. The number of carboxylic acid groups (broad SMARTS) is 1.